The highest BCUT2D eigenvalue weighted by Gasteiger charge is 2.21. The van der Waals surface area contributed by atoms with Crippen LogP contribution in [0.2, 0.25) is 0 Å². The number of hydroxylamine groups is 2. The van der Waals surface area contributed by atoms with Crippen LogP contribution in [0.1, 0.15) is 40.5 Å². The molecule has 1 rings (SSSR count). The first-order valence-electron chi connectivity index (χ1n) is 10.5. The predicted molar refractivity (Wildman–Crippen MR) is 115 cm³/mol. The molecule has 1 aliphatic rings. The fourth-order valence-electron chi connectivity index (χ4n) is 2.59. The van der Waals surface area contributed by atoms with Crippen LogP contribution in [0.5, 0.6) is 0 Å². The van der Waals surface area contributed by atoms with Crippen LogP contribution in [0.25, 0.3) is 0 Å². The molecule has 0 fully saturated rings. The van der Waals surface area contributed by atoms with Gasteiger partial charge >= 0.3 is 0 Å². The van der Waals surface area contributed by atoms with Gasteiger partial charge in [-0.15, -0.1) is 0 Å². The molecule has 0 aromatic carbocycles. The normalized spacial score (nSPS) is 17.2. The van der Waals surface area contributed by atoms with Gasteiger partial charge in [-0.2, -0.15) is 5.06 Å². The Kier molecular flexibility index (Phi) is 13.2. The zero-order valence-corrected chi connectivity index (χ0v) is 18.7. The van der Waals surface area contributed by atoms with Gasteiger partial charge in [-0.05, 0) is 6.42 Å². The van der Waals surface area contributed by atoms with Crippen molar-refractivity contribution in [2.75, 3.05) is 53.2 Å². The molecule has 1 heterocycles. The van der Waals surface area contributed by atoms with E-state index in [1.165, 1.54) is 0 Å². The number of carbonyl (C=O) groups is 1. The van der Waals surface area contributed by atoms with Crippen LogP contribution in [0.3, 0.4) is 0 Å². The Morgan fingerprint density at radius 3 is 2.45 bits per heavy atom. The zero-order chi connectivity index (χ0) is 21.5. The highest BCUT2D eigenvalue weighted by atomic mass is 16.7. The summed E-state index contributed by atoms with van der Waals surface area (Å²) >= 11 is 0. The van der Waals surface area contributed by atoms with Crippen LogP contribution in [-0.2, 0) is 19.1 Å². The summed E-state index contributed by atoms with van der Waals surface area (Å²) < 4.78 is 11.1. The molecule has 8 heteroatoms. The Labute approximate surface area is 175 Å². The number of amides is 1. The maximum atomic E-state index is 11.4. The summed E-state index contributed by atoms with van der Waals surface area (Å²) in [5.74, 6) is 0.0481. The summed E-state index contributed by atoms with van der Waals surface area (Å²) in [7, 11) is 1.70. The van der Waals surface area contributed by atoms with Crippen LogP contribution < -0.4 is 15.7 Å². The van der Waals surface area contributed by atoms with Gasteiger partial charge < -0.3 is 20.1 Å². The topological polar surface area (TPSA) is 85.6 Å². The molecule has 1 unspecified atom stereocenters. The van der Waals surface area contributed by atoms with Crippen LogP contribution in [-0.4, -0.2) is 64.8 Å². The highest BCUT2D eigenvalue weighted by molar-refractivity contribution is 6.01. The highest BCUT2D eigenvalue weighted by Crippen LogP contribution is 2.03. The van der Waals surface area contributed by atoms with Crippen LogP contribution >= 0.6 is 0 Å². The molecule has 8 nitrogen and oxygen atoms in total. The van der Waals surface area contributed by atoms with Crippen molar-refractivity contribution >= 4 is 11.6 Å². The molecule has 1 aliphatic heterocycles. The average molecular weight is 412 g/mol. The molecule has 0 bridgehead atoms. The minimum absolute atomic E-state index is 0.000645. The minimum atomic E-state index is 0.000645. The van der Waals surface area contributed by atoms with E-state index in [2.05, 4.69) is 28.6 Å². The number of unbranched alkanes of at least 4 members (excludes halogenated alkanes) is 1. The number of nitrogens with one attached hydrogen (secondary N) is 3. The predicted octanol–water partition coefficient (Wildman–Crippen LogP) is 0.828. The van der Waals surface area contributed by atoms with E-state index in [4.69, 9.17) is 14.3 Å². The Hall–Kier alpha value is -1.74. The molecule has 0 aliphatic carbocycles. The summed E-state index contributed by atoms with van der Waals surface area (Å²) in [5, 5.41) is 7.21. The molecule has 0 spiro atoms. The van der Waals surface area contributed by atoms with Gasteiger partial charge in [-0.3, -0.25) is 4.79 Å². The largest absolute Gasteiger partial charge is 0.381 e. The lowest BCUT2D eigenvalue weighted by Gasteiger charge is -2.21. The summed E-state index contributed by atoms with van der Waals surface area (Å²) in [4.78, 5) is 21.4. The first-order valence-corrected chi connectivity index (χ1v) is 10.5. The van der Waals surface area contributed by atoms with Gasteiger partial charge in [0.05, 0.1) is 45.4 Å². The van der Waals surface area contributed by atoms with E-state index >= 15 is 0 Å². The van der Waals surface area contributed by atoms with Gasteiger partial charge in [0, 0.05) is 25.9 Å². The van der Waals surface area contributed by atoms with Crippen molar-refractivity contribution in [1.29, 1.82) is 0 Å². The fraction of sp³-hybridized carbons (Fsp3) is 0.714. The van der Waals surface area contributed by atoms with Crippen molar-refractivity contribution < 1.29 is 24.2 Å². The quantitative estimate of drug-likeness (QED) is 0.348. The number of nitrogens with zero attached hydrogens (tertiary/aromatic N) is 1. The molecular weight excluding hydrogens is 372 g/mol. The summed E-state index contributed by atoms with van der Waals surface area (Å²) in [5.41, 5.74) is 3.11. The lowest BCUT2D eigenvalue weighted by molar-refractivity contribution is -1.05. The molecular formula is C21H39N4O4+. The van der Waals surface area contributed by atoms with Gasteiger partial charge in [0.25, 0.3) is 0 Å². The molecule has 29 heavy (non-hydrogen) atoms. The van der Waals surface area contributed by atoms with Gasteiger partial charge in [0.1, 0.15) is 5.71 Å². The molecule has 0 saturated heterocycles. The third-order valence-corrected chi connectivity index (χ3v) is 4.38. The molecule has 166 valence electrons. The Morgan fingerprint density at radius 2 is 1.86 bits per heavy atom. The lowest BCUT2D eigenvalue weighted by Crippen LogP contribution is -3.10. The number of ether oxygens (including phenoxy) is 2. The Bertz CT molecular complexity index is 573. The SMILES string of the molecule is CCC/C=C(/NCCOCCOCCNC(=O)C(C)C)C1=NC=C(C)[NH+](OC)C1. The van der Waals surface area contributed by atoms with Crippen molar-refractivity contribution in [1.82, 2.24) is 10.6 Å². The molecule has 0 aromatic rings. The first-order chi connectivity index (χ1) is 14.0. The fourth-order valence-corrected chi connectivity index (χ4v) is 2.59. The summed E-state index contributed by atoms with van der Waals surface area (Å²) in [6.45, 7) is 11.9. The van der Waals surface area contributed by atoms with Crippen LogP contribution in [0, 0.1) is 5.92 Å². The van der Waals surface area contributed by atoms with Gasteiger partial charge in [0.15, 0.2) is 12.2 Å². The Morgan fingerprint density at radius 1 is 1.21 bits per heavy atom. The van der Waals surface area contributed by atoms with E-state index in [1.54, 1.807) is 7.11 Å². The molecule has 1 amide bonds. The minimum Gasteiger partial charge on any atom is -0.381 e. The smallest absolute Gasteiger partial charge is 0.222 e. The van der Waals surface area contributed by atoms with Gasteiger partial charge in [-0.1, -0.05) is 33.3 Å². The number of allylic oxidation sites excluding steroid dienone is 2. The summed E-state index contributed by atoms with van der Waals surface area (Å²) in [6.07, 6.45) is 6.12. The van der Waals surface area contributed by atoms with E-state index in [1.807, 2.05) is 27.0 Å². The van der Waals surface area contributed by atoms with Crippen LogP contribution in [0.15, 0.2) is 28.7 Å². The van der Waals surface area contributed by atoms with E-state index in [9.17, 15) is 4.79 Å². The zero-order valence-electron chi connectivity index (χ0n) is 18.7. The average Bonchev–Trinajstić information content (AvgIpc) is 2.71. The molecule has 1 atom stereocenters. The number of quaternary nitrogens is 1. The second kappa shape index (κ2) is 15.1. The maximum absolute atomic E-state index is 11.4. The van der Waals surface area contributed by atoms with Gasteiger partial charge in [0.2, 0.25) is 5.91 Å². The molecule has 0 radical (unpaired) electrons. The number of rotatable bonds is 15. The maximum Gasteiger partial charge on any atom is 0.222 e. The number of aliphatic imine (C=N–C) groups is 1. The Balaban J connectivity index is 2.22. The molecule has 0 aromatic heterocycles. The van der Waals surface area contributed by atoms with E-state index in [-0.39, 0.29) is 11.8 Å². The monoisotopic (exact) mass is 411 g/mol. The van der Waals surface area contributed by atoms with Crippen molar-refractivity contribution in [2.24, 2.45) is 10.9 Å². The summed E-state index contributed by atoms with van der Waals surface area (Å²) in [6, 6.07) is 0. The number of hydrogen-bond acceptors (Lipinski definition) is 6. The van der Waals surface area contributed by atoms with E-state index in [0.717, 1.165) is 35.0 Å². The van der Waals surface area contributed by atoms with E-state index < -0.39 is 0 Å². The van der Waals surface area contributed by atoms with Crippen molar-refractivity contribution in [3.8, 4) is 0 Å². The molecule has 0 saturated carbocycles. The second-order valence-electron chi connectivity index (χ2n) is 7.20. The number of hydrogen-bond donors (Lipinski definition) is 3. The third kappa shape index (κ3) is 10.6. The lowest BCUT2D eigenvalue weighted by atomic mass is 10.2. The van der Waals surface area contributed by atoms with E-state index in [0.29, 0.717) is 46.1 Å². The number of carbonyl (C=O) groups excluding carboxylic acids is 1. The van der Waals surface area contributed by atoms with Gasteiger partial charge in [-0.25, -0.2) is 9.83 Å². The van der Waals surface area contributed by atoms with Crippen molar-refractivity contribution in [2.45, 2.75) is 40.5 Å². The molecule has 3 N–H and O–H groups in total. The van der Waals surface area contributed by atoms with Crippen LogP contribution in [0.4, 0.5) is 0 Å². The first kappa shape index (κ1) is 25.3. The second-order valence-corrected chi connectivity index (χ2v) is 7.20. The van der Waals surface area contributed by atoms with Crippen molar-refractivity contribution in [3.63, 3.8) is 0 Å². The van der Waals surface area contributed by atoms with Crippen molar-refractivity contribution in [3.05, 3.63) is 23.7 Å². The standard InChI is InChI=1S/C21H38N4O4/c1-6-7-8-19(20-16-25(27-5)18(4)15-24-20)22-9-11-28-13-14-29-12-10-23-21(26)17(2)3/h8,15,17,22H,6-7,9-14,16H2,1-5H3,(H,23,26)/p+1/b19-8+. The third-order valence-electron chi connectivity index (χ3n) is 4.38.